The van der Waals surface area contributed by atoms with Crippen LogP contribution in [0.15, 0.2) is 12.3 Å². The van der Waals surface area contributed by atoms with Gasteiger partial charge in [0.1, 0.15) is 17.1 Å². The maximum absolute atomic E-state index is 12.8. The summed E-state index contributed by atoms with van der Waals surface area (Å²) >= 11 is 6.66. The Balaban J connectivity index is 1.60. The molecule has 0 bridgehead atoms. The lowest BCUT2D eigenvalue weighted by Gasteiger charge is -2.36. The highest BCUT2D eigenvalue weighted by atomic mass is 35.5. The van der Waals surface area contributed by atoms with Crippen LogP contribution in [0.25, 0.3) is 0 Å². The number of alkyl halides is 1. The molecule has 3 heterocycles. The normalized spacial score (nSPS) is 36.9. The zero-order valence-electron chi connectivity index (χ0n) is 16.1. The summed E-state index contributed by atoms with van der Waals surface area (Å²) in [7, 11) is -2.57. The molecule has 3 rings (SSSR count). The number of fused-ring (bicyclic) bond motifs is 1. The van der Waals surface area contributed by atoms with E-state index in [0.29, 0.717) is 12.8 Å². The Morgan fingerprint density at radius 3 is 2.86 bits per heavy atom. The monoisotopic (exact) mass is 451 g/mol. The van der Waals surface area contributed by atoms with Crippen molar-refractivity contribution in [2.75, 3.05) is 20.3 Å². The highest BCUT2D eigenvalue weighted by molar-refractivity contribution is 7.48. The lowest BCUT2D eigenvalue weighted by Crippen LogP contribution is -2.51. The quantitative estimate of drug-likeness (QED) is 0.188. The van der Waals surface area contributed by atoms with Crippen molar-refractivity contribution in [3.05, 3.63) is 12.3 Å². The summed E-state index contributed by atoms with van der Waals surface area (Å²) in [5.74, 6) is -1.08. The Morgan fingerprint density at radius 1 is 1.41 bits per heavy atom. The highest BCUT2D eigenvalue weighted by Crippen LogP contribution is 2.59. The van der Waals surface area contributed by atoms with Crippen molar-refractivity contribution in [3.8, 4) is 0 Å². The van der Waals surface area contributed by atoms with Gasteiger partial charge in [0.2, 0.25) is 5.91 Å². The predicted molar refractivity (Wildman–Crippen MR) is 98.8 cm³/mol. The summed E-state index contributed by atoms with van der Waals surface area (Å²) in [5.41, 5.74) is 0. The molecule has 0 spiro atoms. The van der Waals surface area contributed by atoms with E-state index in [1.165, 1.54) is 24.3 Å². The van der Waals surface area contributed by atoms with Crippen molar-refractivity contribution in [1.29, 1.82) is 0 Å². The van der Waals surface area contributed by atoms with E-state index in [4.69, 9.17) is 29.9 Å². The second kappa shape index (κ2) is 8.83. The van der Waals surface area contributed by atoms with Crippen LogP contribution in [-0.2, 0) is 42.0 Å². The molecule has 0 saturated carbocycles. The SMILES string of the molecule is COC(=O)CCCCO[P@@]1(=O)OC[C@H]2O[C@@H](N3C=CC(=O)CC3=O)[C@](C)(Cl)[C@@H]2O1. The number of ketones is 1. The van der Waals surface area contributed by atoms with Gasteiger partial charge >= 0.3 is 13.8 Å². The summed E-state index contributed by atoms with van der Waals surface area (Å²) in [6, 6.07) is 0. The largest absolute Gasteiger partial charge is 0.475 e. The van der Waals surface area contributed by atoms with E-state index in [-0.39, 0.29) is 37.8 Å². The van der Waals surface area contributed by atoms with Crippen LogP contribution < -0.4 is 0 Å². The molecule has 0 N–H and O–H groups in total. The van der Waals surface area contributed by atoms with Gasteiger partial charge in [-0.15, -0.1) is 11.6 Å². The van der Waals surface area contributed by atoms with Crippen LogP contribution in [0.1, 0.15) is 32.6 Å². The first-order valence-electron chi connectivity index (χ1n) is 9.17. The van der Waals surface area contributed by atoms with Crippen molar-refractivity contribution in [3.63, 3.8) is 0 Å². The summed E-state index contributed by atoms with van der Waals surface area (Å²) in [6.07, 6.45) is 1.07. The fourth-order valence-corrected chi connectivity index (χ4v) is 5.23. The third kappa shape index (κ3) is 4.90. The van der Waals surface area contributed by atoms with E-state index in [0.717, 1.165) is 0 Å². The molecule has 0 aliphatic carbocycles. The molecule has 0 unspecified atom stereocenters. The number of hydrogen-bond donors (Lipinski definition) is 0. The van der Waals surface area contributed by atoms with Gasteiger partial charge in [-0.2, -0.15) is 0 Å². The molecule has 10 nitrogen and oxygen atoms in total. The number of carbonyl (C=O) groups is 3. The molecular formula is C17H23ClNO9P. The first-order valence-corrected chi connectivity index (χ1v) is 11.0. The average molecular weight is 452 g/mol. The number of hydrogen-bond acceptors (Lipinski definition) is 9. The van der Waals surface area contributed by atoms with Crippen LogP contribution in [-0.4, -0.2) is 66.2 Å². The average Bonchev–Trinajstić information content (AvgIpc) is 2.91. The third-order valence-corrected chi connectivity index (χ3v) is 6.71. The van der Waals surface area contributed by atoms with E-state index in [2.05, 4.69) is 4.74 Å². The molecule has 3 aliphatic heterocycles. The summed E-state index contributed by atoms with van der Waals surface area (Å²) in [6.45, 7) is 1.57. The lowest BCUT2D eigenvalue weighted by atomic mass is 9.99. The molecule has 1 amide bonds. The molecular weight excluding hydrogens is 429 g/mol. The fraction of sp³-hybridized carbons (Fsp3) is 0.706. The Hall–Kier alpha value is -1.29. The maximum atomic E-state index is 12.8. The summed E-state index contributed by atoms with van der Waals surface area (Å²) in [4.78, 5) is 34.7. The number of phosphoric ester groups is 1. The minimum Gasteiger partial charge on any atom is -0.469 e. The summed E-state index contributed by atoms with van der Waals surface area (Å²) in [5, 5.41) is 0. The van der Waals surface area contributed by atoms with Gasteiger partial charge < -0.3 is 9.47 Å². The molecule has 3 aliphatic rings. The molecule has 0 aromatic carbocycles. The zero-order valence-corrected chi connectivity index (χ0v) is 17.7. The first kappa shape index (κ1) is 22.4. The van der Waals surface area contributed by atoms with E-state index >= 15 is 0 Å². The number of allylic oxidation sites excluding steroid dienone is 1. The Bertz CT molecular complexity index is 755. The number of methoxy groups -OCH3 is 1. The van der Waals surface area contributed by atoms with Crippen LogP contribution in [0, 0.1) is 0 Å². The number of ether oxygens (including phenoxy) is 2. The van der Waals surface area contributed by atoms with Gasteiger partial charge in [-0.05, 0) is 25.8 Å². The van der Waals surface area contributed by atoms with Crippen LogP contribution in [0.2, 0.25) is 0 Å². The standard InChI is InChI=1S/C17H23ClNO9P/c1-17(18)15-12(27-16(17)19-7-6-11(20)9-13(19)21)10-26-29(23,28-15)25-8-4-3-5-14(22)24-2/h6-7,12,15-16H,3-5,8-10H2,1-2H3/t12-,15-,16-,17-,29+/m1/s1. The number of halogens is 1. The van der Waals surface area contributed by atoms with Crippen LogP contribution in [0.5, 0.6) is 0 Å². The van der Waals surface area contributed by atoms with Crippen LogP contribution in [0.3, 0.4) is 0 Å². The topological polar surface area (TPSA) is 118 Å². The molecule has 5 atom stereocenters. The Labute approximate surface area is 173 Å². The van der Waals surface area contributed by atoms with Crippen molar-refractivity contribution < 1.29 is 42.0 Å². The van der Waals surface area contributed by atoms with Gasteiger partial charge in [-0.3, -0.25) is 32.9 Å². The minimum atomic E-state index is -3.88. The number of unbranched alkanes of at least 4 members (excludes halogenated alkanes) is 1. The minimum absolute atomic E-state index is 0.0599. The molecule has 0 aromatic heterocycles. The Morgan fingerprint density at radius 2 is 2.17 bits per heavy atom. The second-order valence-electron chi connectivity index (χ2n) is 7.07. The van der Waals surface area contributed by atoms with Crippen LogP contribution >= 0.6 is 19.4 Å². The zero-order chi connectivity index (χ0) is 21.2. The van der Waals surface area contributed by atoms with Crippen molar-refractivity contribution >= 4 is 37.1 Å². The number of carbonyl (C=O) groups excluding carboxylic acids is 3. The molecule has 0 aromatic rings. The second-order valence-corrected chi connectivity index (χ2v) is 9.51. The number of esters is 1. The predicted octanol–water partition coefficient (Wildman–Crippen LogP) is 1.91. The molecule has 2 fully saturated rings. The van der Waals surface area contributed by atoms with Crippen molar-refractivity contribution in [2.24, 2.45) is 0 Å². The van der Waals surface area contributed by atoms with Gasteiger partial charge in [0.05, 0.1) is 26.7 Å². The smallest absolute Gasteiger partial charge is 0.469 e. The number of phosphoric acid groups is 1. The lowest BCUT2D eigenvalue weighted by molar-refractivity contribution is -0.146. The van der Waals surface area contributed by atoms with Gasteiger partial charge in [-0.1, -0.05) is 0 Å². The first-order chi connectivity index (χ1) is 13.7. The number of rotatable bonds is 7. The maximum Gasteiger partial charge on any atom is 0.475 e. The molecule has 2 saturated heterocycles. The van der Waals surface area contributed by atoms with Gasteiger partial charge in [0.15, 0.2) is 12.0 Å². The summed E-state index contributed by atoms with van der Waals surface area (Å²) < 4.78 is 39.3. The molecule has 29 heavy (non-hydrogen) atoms. The van der Waals surface area contributed by atoms with Crippen molar-refractivity contribution in [2.45, 2.75) is 55.9 Å². The molecule has 162 valence electrons. The van der Waals surface area contributed by atoms with Gasteiger partial charge in [0.25, 0.3) is 0 Å². The van der Waals surface area contributed by atoms with E-state index in [9.17, 15) is 18.9 Å². The van der Waals surface area contributed by atoms with Gasteiger partial charge in [-0.25, -0.2) is 4.57 Å². The van der Waals surface area contributed by atoms with E-state index < -0.39 is 37.0 Å². The fourth-order valence-electron chi connectivity index (χ4n) is 3.32. The Kier molecular flexibility index (Phi) is 6.82. The third-order valence-electron chi connectivity index (χ3n) is 4.86. The molecule has 12 heteroatoms. The van der Waals surface area contributed by atoms with Gasteiger partial charge in [0, 0.05) is 12.6 Å². The molecule has 0 radical (unpaired) electrons. The highest BCUT2D eigenvalue weighted by Gasteiger charge is 2.61. The number of amides is 1. The van der Waals surface area contributed by atoms with Crippen molar-refractivity contribution in [1.82, 2.24) is 4.90 Å². The van der Waals surface area contributed by atoms with E-state index in [1.807, 2.05) is 0 Å². The van der Waals surface area contributed by atoms with E-state index in [1.54, 1.807) is 6.92 Å². The van der Waals surface area contributed by atoms with Crippen LogP contribution in [0.4, 0.5) is 0 Å². The number of nitrogens with zero attached hydrogens (tertiary/aromatic N) is 1.